The lowest BCUT2D eigenvalue weighted by Gasteiger charge is -2.61. The molecule has 0 aromatic rings. The number of hydrogen-bond acceptors (Lipinski definition) is 5. The average Bonchev–Trinajstić information content (AvgIpc) is 3.22. The van der Waals surface area contributed by atoms with Crippen LogP contribution in [-0.4, -0.2) is 47.4 Å². The quantitative estimate of drug-likeness (QED) is 0.241. The number of quaternary nitrogens is 1. The van der Waals surface area contributed by atoms with E-state index in [1.165, 1.54) is 64.2 Å². The van der Waals surface area contributed by atoms with Crippen molar-refractivity contribution in [3.8, 4) is 0 Å². The fraction of sp³-hybridized carbons (Fsp3) is 0.969. The van der Waals surface area contributed by atoms with Gasteiger partial charge in [-0.3, -0.25) is 4.79 Å². The number of aliphatic hydroxyl groups excluding tert-OH is 1. The maximum atomic E-state index is 12.7. The molecule has 4 aliphatic carbocycles. The lowest BCUT2D eigenvalue weighted by molar-refractivity contribution is -0.484. The van der Waals surface area contributed by atoms with Crippen LogP contribution in [0.2, 0.25) is 0 Å². The molecule has 4 aliphatic rings. The van der Waals surface area contributed by atoms with Gasteiger partial charge in [-0.05, 0) is 131 Å². The molecule has 4 rings (SSSR count). The minimum atomic E-state index is -4.66. The van der Waals surface area contributed by atoms with Crippen molar-refractivity contribution in [2.75, 3.05) is 6.54 Å². The zero-order valence-corrected chi connectivity index (χ0v) is 26.7. The van der Waals surface area contributed by atoms with E-state index in [0.29, 0.717) is 42.1 Å². The van der Waals surface area contributed by atoms with Crippen molar-refractivity contribution in [1.29, 1.82) is 0 Å². The van der Waals surface area contributed by atoms with Gasteiger partial charge in [0.1, 0.15) is 21.8 Å². The van der Waals surface area contributed by atoms with E-state index in [9.17, 15) is 22.9 Å². The normalized spacial score (nSPS) is 38.5. The maximum Gasteiger partial charge on any atom is 0.220 e. The Balaban J connectivity index is 1.25. The summed E-state index contributed by atoms with van der Waals surface area (Å²) in [5.41, 5.74) is 3.80. The third kappa shape index (κ3) is 6.45. The van der Waals surface area contributed by atoms with Crippen LogP contribution in [-0.2, 0) is 14.9 Å². The fourth-order valence-corrected chi connectivity index (χ4v) is 11.6. The second-order valence-electron chi connectivity index (χ2n) is 15.6. The summed E-state index contributed by atoms with van der Waals surface area (Å²) in [6, 6.07) is 0. The molecule has 7 nitrogen and oxygen atoms in total. The summed E-state index contributed by atoms with van der Waals surface area (Å²) in [6.07, 6.45) is 14.4. The van der Waals surface area contributed by atoms with Gasteiger partial charge in [0.2, 0.25) is 5.91 Å². The van der Waals surface area contributed by atoms with E-state index in [0.717, 1.165) is 30.1 Å². The minimum Gasteiger partial charge on any atom is -0.748 e. The molecule has 0 radical (unpaired) electrons. The molecular formula is C32H58N2O5S. The van der Waals surface area contributed by atoms with Gasteiger partial charge in [0.05, 0.1) is 5.25 Å². The van der Waals surface area contributed by atoms with E-state index in [1.807, 2.05) is 0 Å². The van der Waals surface area contributed by atoms with Crippen molar-refractivity contribution in [3.63, 3.8) is 0 Å². The Morgan fingerprint density at radius 1 is 1.02 bits per heavy atom. The number of rotatable bonds is 11. The Hall–Kier alpha value is -0.700. The summed E-state index contributed by atoms with van der Waals surface area (Å²) < 4.78 is 35.1. The minimum absolute atomic E-state index is 0.00635. The molecule has 40 heavy (non-hydrogen) atoms. The Bertz CT molecular complexity index is 996. The molecule has 232 valence electrons. The molecule has 0 aromatic heterocycles. The highest BCUT2D eigenvalue weighted by molar-refractivity contribution is 7.86. The topological polar surface area (TPSA) is 134 Å². The van der Waals surface area contributed by atoms with Crippen molar-refractivity contribution in [2.45, 2.75) is 141 Å². The van der Waals surface area contributed by atoms with Gasteiger partial charge in [-0.1, -0.05) is 33.6 Å². The fourth-order valence-electron chi connectivity index (χ4n) is 10.4. The van der Waals surface area contributed by atoms with Crippen LogP contribution in [0.25, 0.3) is 0 Å². The molecule has 3 unspecified atom stereocenters. The van der Waals surface area contributed by atoms with Crippen molar-refractivity contribution < 1.29 is 28.6 Å². The van der Waals surface area contributed by atoms with Gasteiger partial charge in [-0.15, -0.1) is 0 Å². The van der Waals surface area contributed by atoms with E-state index in [2.05, 4.69) is 31.8 Å². The van der Waals surface area contributed by atoms with Gasteiger partial charge in [0.15, 0.2) is 0 Å². The number of fused-ring (bicyclic) bond motifs is 5. The lowest BCUT2D eigenvalue weighted by Crippen LogP contribution is -2.76. The number of hydrogen-bond donors (Lipinski definition) is 3. The molecule has 4 fully saturated rings. The maximum absolute atomic E-state index is 12.7. The summed E-state index contributed by atoms with van der Waals surface area (Å²) in [6.45, 7) is 11.1. The second-order valence-corrected chi connectivity index (χ2v) is 17.2. The van der Waals surface area contributed by atoms with Gasteiger partial charge < -0.3 is 20.7 Å². The van der Waals surface area contributed by atoms with E-state index < -0.39 is 27.0 Å². The van der Waals surface area contributed by atoms with Gasteiger partial charge in [0, 0.05) is 13.0 Å². The number of nitrogens with one attached hydrogen (secondary N) is 1. The molecular weight excluding hydrogens is 524 g/mol. The van der Waals surface area contributed by atoms with E-state index in [1.54, 1.807) is 13.8 Å². The molecule has 0 aromatic carbocycles. The summed E-state index contributed by atoms with van der Waals surface area (Å²) in [7, 11) is -4.66. The highest BCUT2D eigenvalue weighted by atomic mass is 32.2. The van der Waals surface area contributed by atoms with Crippen LogP contribution in [0, 0.1) is 46.3 Å². The van der Waals surface area contributed by atoms with Crippen LogP contribution in [0.1, 0.15) is 125 Å². The standard InChI is InChI=1S/C32H58N2O5S/c1-21(11-16-28(35)34-20-8-10-27(40(37,38)39)29(36)30(2,3)33)24-14-15-25-23-13-12-22-9-6-7-18-31(22,4)26(23)17-19-32(24,25)5/h21-27,29,36H,6-20,33H2,1-5H3,(H,34,35)(H,37,38,39)/t21-,22?,23+,24-,25+,26+,27?,29?,31+,32-/m1/s1. The predicted molar refractivity (Wildman–Crippen MR) is 157 cm³/mol. The van der Waals surface area contributed by atoms with Crippen LogP contribution in [0.5, 0.6) is 0 Å². The summed E-state index contributed by atoms with van der Waals surface area (Å²) >= 11 is 0. The molecule has 0 saturated heterocycles. The highest BCUT2D eigenvalue weighted by Crippen LogP contribution is 2.68. The average molecular weight is 583 g/mol. The Kier molecular flexibility index (Phi) is 9.76. The molecule has 5 N–H and O–H groups in total. The van der Waals surface area contributed by atoms with Crippen molar-refractivity contribution >= 4 is 16.0 Å². The van der Waals surface area contributed by atoms with Crippen LogP contribution >= 0.6 is 0 Å². The van der Waals surface area contributed by atoms with Gasteiger partial charge >= 0.3 is 0 Å². The number of carbonyl (C=O) groups is 1. The first-order valence-corrected chi connectivity index (χ1v) is 17.8. The van der Waals surface area contributed by atoms with Crippen LogP contribution in [0.15, 0.2) is 0 Å². The number of amides is 1. The molecule has 1 amide bonds. The van der Waals surface area contributed by atoms with Crippen LogP contribution in [0.4, 0.5) is 0 Å². The van der Waals surface area contributed by atoms with Gasteiger partial charge in [-0.2, -0.15) is 0 Å². The molecule has 0 heterocycles. The number of aliphatic hydroxyl groups is 1. The first kappa shape index (κ1) is 32.2. The van der Waals surface area contributed by atoms with Gasteiger partial charge in [-0.25, -0.2) is 8.42 Å². The Labute approximate surface area is 244 Å². The largest absolute Gasteiger partial charge is 0.748 e. The molecule has 8 heteroatoms. The van der Waals surface area contributed by atoms with Crippen LogP contribution < -0.4 is 11.1 Å². The smallest absolute Gasteiger partial charge is 0.220 e. The third-order valence-electron chi connectivity index (χ3n) is 12.7. The molecule has 0 aliphatic heterocycles. The monoisotopic (exact) mass is 582 g/mol. The summed E-state index contributed by atoms with van der Waals surface area (Å²) in [5.74, 6) is 4.78. The van der Waals surface area contributed by atoms with Gasteiger partial charge in [0.25, 0.3) is 0 Å². The van der Waals surface area contributed by atoms with E-state index in [4.69, 9.17) is 0 Å². The number of carbonyl (C=O) groups excluding carboxylic acids is 1. The first-order chi connectivity index (χ1) is 18.6. The van der Waals surface area contributed by atoms with Crippen molar-refractivity contribution in [1.82, 2.24) is 5.32 Å². The van der Waals surface area contributed by atoms with Crippen molar-refractivity contribution in [2.24, 2.45) is 46.3 Å². The molecule has 0 spiro atoms. The zero-order valence-electron chi connectivity index (χ0n) is 25.9. The lowest BCUT2D eigenvalue weighted by atomic mass is 9.44. The van der Waals surface area contributed by atoms with E-state index in [-0.39, 0.29) is 12.3 Å². The zero-order chi connectivity index (χ0) is 29.5. The van der Waals surface area contributed by atoms with Crippen molar-refractivity contribution in [3.05, 3.63) is 0 Å². The molecule has 10 atom stereocenters. The summed E-state index contributed by atoms with van der Waals surface area (Å²) in [5, 5.41) is 11.8. The SMILES string of the molecule is C[C@H](CCC(=O)NCCCC(C(O)C(C)(C)[NH3+])S(=O)(=O)[O-])[C@H]1CC[C@H]2[C@@H]3CCC4CCCC[C@]4(C)[C@H]3CC[C@]12C. The molecule has 4 saturated carbocycles. The summed E-state index contributed by atoms with van der Waals surface area (Å²) in [4.78, 5) is 12.7. The highest BCUT2D eigenvalue weighted by Gasteiger charge is 2.60. The van der Waals surface area contributed by atoms with Crippen LogP contribution in [0.3, 0.4) is 0 Å². The third-order valence-corrected chi connectivity index (χ3v) is 13.9. The first-order valence-electron chi connectivity index (χ1n) is 16.3. The predicted octanol–water partition coefficient (Wildman–Crippen LogP) is 4.64. The Morgan fingerprint density at radius 3 is 2.40 bits per heavy atom. The second kappa shape index (κ2) is 12.1. The Morgan fingerprint density at radius 2 is 1.73 bits per heavy atom. The molecule has 0 bridgehead atoms. The van der Waals surface area contributed by atoms with E-state index >= 15 is 0 Å².